The van der Waals surface area contributed by atoms with Gasteiger partial charge in [-0.1, -0.05) is 22.9 Å². The number of methoxy groups -OCH3 is 2. The lowest BCUT2D eigenvalue weighted by atomic mass is 10.2. The maximum Gasteiger partial charge on any atom is 0.309 e. The second-order valence-corrected chi connectivity index (χ2v) is 5.78. The maximum atomic E-state index is 11.3. The van der Waals surface area contributed by atoms with E-state index in [1.54, 1.807) is 18.9 Å². The summed E-state index contributed by atoms with van der Waals surface area (Å²) in [5.41, 5.74) is 1.16. The highest BCUT2D eigenvalue weighted by Gasteiger charge is 2.13. The molecule has 100 valence electrons. The van der Waals surface area contributed by atoms with Gasteiger partial charge in [-0.05, 0) is 23.8 Å². The number of benzene rings is 1. The van der Waals surface area contributed by atoms with Crippen LogP contribution in [0.2, 0.25) is 0 Å². The molecule has 1 aromatic carbocycles. The molecule has 0 heterocycles. The summed E-state index contributed by atoms with van der Waals surface area (Å²) in [4.78, 5) is 11.3. The highest BCUT2D eigenvalue weighted by Crippen LogP contribution is 2.26. The van der Waals surface area contributed by atoms with E-state index in [-0.39, 0.29) is 11.9 Å². The topological polar surface area (TPSA) is 35.5 Å². The van der Waals surface area contributed by atoms with Gasteiger partial charge in [0.1, 0.15) is 5.75 Å². The Kier molecular flexibility index (Phi) is 6.57. The normalized spacial score (nSPS) is 12.0. The average Bonchev–Trinajstić information content (AvgIpc) is 2.39. The first kappa shape index (κ1) is 15.4. The number of carbonyl (C=O) groups is 1. The molecule has 0 aliphatic heterocycles. The van der Waals surface area contributed by atoms with E-state index in [1.165, 1.54) is 7.11 Å². The van der Waals surface area contributed by atoms with Gasteiger partial charge >= 0.3 is 5.97 Å². The molecule has 0 aromatic heterocycles. The number of hydrogen-bond donors (Lipinski definition) is 0. The van der Waals surface area contributed by atoms with Crippen LogP contribution in [0.3, 0.4) is 0 Å². The van der Waals surface area contributed by atoms with Gasteiger partial charge in [0.05, 0.1) is 20.1 Å². The molecule has 3 nitrogen and oxygen atoms in total. The predicted molar refractivity (Wildman–Crippen MR) is 78.0 cm³/mol. The Labute approximate surface area is 120 Å². The van der Waals surface area contributed by atoms with Crippen molar-refractivity contribution in [2.45, 2.75) is 12.7 Å². The quantitative estimate of drug-likeness (QED) is 0.747. The molecule has 0 saturated heterocycles. The molecule has 0 radical (unpaired) electrons. The van der Waals surface area contributed by atoms with Gasteiger partial charge in [0.15, 0.2) is 0 Å². The van der Waals surface area contributed by atoms with Gasteiger partial charge in [-0.15, -0.1) is 0 Å². The van der Waals surface area contributed by atoms with E-state index in [1.807, 2.05) is 25.1 Å². The number of rotatable bonds is 6. The smallest absolute Gasteiger partial charge is 0.309 e. The van der Waals surface area contributed by atoms with Crippen LogP contribution in [0.4, 0.5) is 0 Å². The van der Waals surface area contributed by atoms with Crippen LogP contribution >= 0.6 is 27.7 Å². The third kappa shape index (κ3) is 4.53. The summed E-state index contributed by atoms with van der Waals surface area (Å²) in [6.07, 6.45) is 0. The molecule has 1 aromatic rings. The molecule has 0 amide bonds. The number of esters is 1. The van der Waals surface area contributed by atoms with Crippen molar-refractivity contribution in [2.75, 3.05) is 20.0 Å². The molecule has 0 bridgehead atoms. The lowest BCUT2D eigenvalue weighted by molar-refractivity contribution is -0.143. The highest BCUT2D eigenvalue weighted by atomic mass is 79.9. The van der Waals surface area contributed by atoms with E-state index in [2.05, 4.69) is 15.9 Å². The molecule has 18 heavy (non-hydrogen) atoms. The van der Waals surface area contributed by atoms with Crippen LogP contribution in [-0.4, -0.2) is 25.9 Å². The molecule has 0 fully saturated rings. The van der Waals surface area contributed by atoms with Gasteiger partial charge in [0.25, 0.3) is 0 Å². The summed E-state index contributed by atoms with van der Waals surface area (Å²) >= 11 is 5.21. The second kappa shape index (κ2) is 7.69. The van der Waals surface area contributed by atoms with Crippen molar-refractivity contribution in [1.29, 1.82) is 0 Å². The molecular weight excluding hydrogens is 316 g/mol. The minimum atomic E-state index is -0.160. The molecule has 0 N–H and O–H groups in total. The maximum absolute atomic E-state index is 11.3. The van der Waals surface area contributed by atoms with E-state index < -0.39 is 0 Å². The first-order valence-corrected chi connectivity index (χ1v) is 7.51. The van der Waals surface area contributed by atoms with E-state index >= 15 is 0 Å². The zero-order valence-electron chi connectivity index (χ0n) is 10.7. The number of hydrogen-bond acceptors (Lipinski definition) is 4. The predicted octanol–water partition coefficient (Wildman–Crippen LogP) is 3.50. The molecule has 1 atom stereocenters. The SMILES string of the molecule is COC(=O)C(C)CSCc1cc(OC)ccc1Br. The summed E-state index contributed by atoms with van der Waals surface area (Å²) in [5, 5.41) is 0. The van der Waals surface area contributed by atoms with E-state index in [4.69, 9.17) is 9.47 Å². The fraction of sp³-hybridized carbons (Fsp3) is 0.462. The minimum Gasteiger partial charge on any atom is -0.497 e. The number of thioether (sulfide) groups is 1. The Hall–Kier alpha value is -0.680. The van der Waals surface area contributed by atoms with Crippen molar-refractivity contribution in [1.82, 2.24) is 0 Å². The van der Waals surface area contributed by atoms with Crippen molar-refractivity contribution in [2.24, 2.45) is 5.92 Å². The van der Waals surface area contributed by atoms with E-state index in [0.29, 0.717) is 0 Å². The van der Waals surface area contributed by atoms with E-state index in [9.17, 15) is 4.79 Å². The van der Waals surface area contributed by atoms with Crippen molar-refractivity contribution < 1.29 is 14.3 Å². The van der Waals surface area contributed by atoms with Gasteiger partial charge in [0, 0.05) is 16.0 Å². The fourth-order valence-corrected chi connectivity index (χ4v) is 3.04. The zero-order chi connectivity index (χ0) is 13.5. The van der Waals surface area contributed by atoms with Gasteiger partial charge in [0.2, 0.25) is 0 Å². The van der Waals surface area contributed by atoms with Crippen LogP contribution in [0.15, 0.2) is 22.7 Å². The molecule has 5 heteroatoms. The third-order valence-electron chi connectivity index (χ3n) is 2.48. The van der Waals surface area contributed by atoms with E-state index in [0.717, 1.165) is 27.3 Å². The molecular formula is C13H17BrO3S. The Morgan fingerprint density at radius 2 is 2.17 bits per heavy atom. The summed E-state index contributed by atoms with van der Waals surface area (Å²) in [7, 11) is 3.07. The van der Waals surface area contributed by atoms with Gasteiger partial charge in [-0.2, -0.15) is 11.8 Å². The molecule has 1 rings (SSSR count). The summed E-state index contributed by atoms with van der Waals surface area (Å²) in [5.74, 6) is 2.18. The fourth-order valence-electron chi connectivity index (χ4n) is 1.40. The van der Waals surface area contributed by atoms with Crippen molar-refractivity contribution in [3.63, 3.8) is 0 Å². The third-order valence-corrected chi connectivity index (χ3v) is 4.51. The lowest BCUT2D eigenvalue weighted by Crippen LogP contribution is -2.14. The van der Waals surface area contributed by atoms with Gasteiger partial charge in [-0.3, -0.25) is 4.79 Å². The molecule has 0 spiro atoms. The Balaban J connectivity index is 2.50. The number of carbonyl (C=O) groups excluding carboxylic acids is 1. The first-order valence-electron chi connectivity index (χ1n) is 5.56. The summed E-state index contributed by atoms with van der Waals surface area (Å²) in [6, 6.07) is 5.88. The lowest BCUT2D eigenvalue weighted by Gasteiger charge is -2.10. The second-order valence-electron chi connectivity index (χ2n) is 3.90. The Bertz CT molecular complexity index is 409. The zero-order valence-corrected chi connectivity index (χ0v) is 13.1. The standard InChI is InChI=1S/C13H17BrO3S/c1-9(13(15)17-3)7-18-8-10-6-11(16-2)4-5-12(10)14/h4-6,9H,7-8H2,1-3H3. The average molecular weight is 333 g/mol. The number of ether oxygens (including phenoxy) is 2. The first-order chi connectivity index (χ1) is 8.58. The van der Waals surface area contributed by atoms with Crippen LogP contribution < -0.4 is 4.74 Å². The van der Waals surface area contributed by atoms with Gasteiger partial charge < -0.3 is 9.47 Å². The summed E-state index contributed by atoms with van der Waals surface area (Å²) < 4.78 is 10.9. The van der Waals surface area contributed by atoms with Crippen molar-refractivity contribution >= 4 is 33.7 Å². The van der Waals surface area contributed by atoms with Crippen LogP contribution in [0.5, 0.6) is 5.75 Å². The summed E-state index contributed by atoms with van der Waals surface area (Å²) in [6.45, 7) is 1.87. The molecule has 0 aliphatic carbocycles. The number of halogens is 1. The molecule has 1 unspecified atom stereocenters. The van der Waals surface area contributed by atoms with Crippen molar-refractivity contribution in [3.05, 3.63) is 28.2 Å². The van der Waals surface area contributed by atoms with Crippen LogP contribution in [-0.2, 0) is 15.3 Å². The van der Waals surface area contributed by atoms with Crippen molar-refractivity contribution in [3.8, 4) is 5.75 Å². The van der Waals surface area contributed by atoms with Crippen LogP contribution in [0.25, 0.3) is 0 Å². The van der Waals surface area contributed by atoms with Gasteiger partial charge in [-0.25, -0.2) is 0 Å². The highest BCUT2D eigenvalue weighted by molar-refractivity contribution is 9.10. The Morgan fingerprint density at radius 3 is 2.78 bits per heavy atom. The molecule has 0 aliphatic rings. The largest absolute Gasteiger partial charge is 0.497 e. The van der Waals surface area contributed by atoms with Crippen LogP contribution in [0, 0.1) is 5.92 Å². The van der Waals surface area contributed by atoms with Crippen LogP contribution in [0.1, 0.15) is 12.5 Å². The minimum absolute atomic E-state index is 0.0793. The molecule has 0 saturated carbocycles. The monoisotopic (exact) mass is 332 g/mol. The Morgan fingerprint density at radius 1 is 1.44 bits per heavy atom.